The van der Waals surface area contributed by atoms with Gasteiger partial charge in [-0.25, -0.2) is 9.79 Å². The van der Waals surface area contributed by atoms with Crippen LogP contribution in [0.25, 0.3) is 11.8 Å². The largest absolute Gasteiger partial charge is 0.496 e. The van der Waals surface area contributed by atoms with Crippen molar-refractivity contribution in [1.29, 1.82) is 0 Å². The minimum absolute atomic E-state index is 0.271. The number of hydrogen-bond acceptors (Lipinski definition) is 6. The van der Waals surface area contributed by atoms with Gasteiger partial charge in [-0.1, -0.05) is 50.5 Å². The summed E-state index contributed by atoms with van der Waals surface area (Å²) in [6, 6.07) is 12.2. The average molecular weight is 689 g/mol. The number of ether oxygens (including phenoxy) is 2. The topological polar surface area (TPSA) is 74.8 Å². The van der Waals surface area contributed by atoms with Gasteiger partial charge in [0.15, 0.2) is 4.80 Å². The van der Waals surface area contributed by atoms with Crippen LogP contribution in [0.5, 0.6) is 5.75 Å². The zero-order valence-corrected chi connectivity index (χ0v) is 27.7. The number of rotatable bonds is 6. The summed E-state index contributed by atoms with van der Waals surface area (Å²) in [4.78, 5) is 32.8. The fourth-order valence-corrected chi connectivity index (χ4v) is 6.88. The van der Waals surface area contributed by atoms with Gasteiger partial charge in [-0.2, -0.15) is 0 Å². The number of benzene rings is 2. The second kappa shape index (κ2) is 11.9. The van der Waals surface area contributed by atoms with E-state index in [0.29, 0.717) is 36.4 Å². The normalized spacial score (nSPS) is 15.2. The van der Waals surface area contributed by atoms with Crippen molar-refractivity contribution in [2.24, 2.45) is 4.99 Å². The molecule has 0 N–H and O–H groups in total. The summed E-state index contributed by atoms with van der Waals surface area (Å²) in [6.07, 6.45) is 1.51. The number of methoxy groups -OCH3 is 1. The van der Waals surface area contributed by atoms with Gasteiger partial charge < -0.3 is 14.0 Å². The van der Waals surface area contributed by atoms with E-state index in [1.54, 1.807) is 44.6 Å². The summed E-state index contributed by atoms with van der Waals surface area (Å²) in [6.45, 7) is 9.30. The van der Waals surface area contributed by atoms with Crippen LogP contribution in [0.1, 0.15) is 49.3 Å². The third kappa shape index (κ3) is 5.51. The Kier molecular flexibility index (Phi) is 8.58. The summed E-state index contributed by atoms with van der Waals surface area (Å²) in [5.41, 5.74) is 4.78. The highest BCUT2D eigenvalue weighted by molar-refractivity contribution is 9.10. The number of carbonyl (C=O) groups excluding carboxylic acids is 1. The molecule has 11 heteroatoms. The van der Waals surface area contributed by atoms with Crippen LogP contribution in [0.15, 0.2) is 68.0 Å². The molecule has 0 spiro atoms. The molecule has 1 aliphatic rings. The van der Waals surface area contributed by atoms with E-state index in [-0.39, 0.29) is 17.2 Å². The van der Waals surface area contributed by atoms with Crippen molar-refractivity contribution in [2.75, 3.05) is 7.11 Å². The number of aromatic nitrogens is 2. The number of carbonyl (C=O) groups is 1. The van der Waals surface area contributed by atoms with Crippen molar-refractivity contribution >= 4 is 62.5 Å². The Morgan fingerprint density at radius 2 is 1.83 bits per heavy atom. The molecule has 218 valence electrons. The summed E-state index contributed by atoms with van der Waals surface area (Å²) in [5.74, 6) is 0.00484. The van der Waals surface area contributed by atoms with Crippen LogP contribution in [-0.4, -0.2) is 28.3 Å². The van der Waals surface area contributed by atoms with Gasteiger partial charge in [0, 0.05) is 27.1 Å². The van der Waals surface area contributed by atoms with E-state index in [9.17, 15) is 9.59 Å². The number of fused-ring (bicyclic) bond motifs is 1. The Bertz CT molecular complexity index is 1960. The maximum atomic E-state index is 14.2. The van der Waals surface area contributed by atoms with Crippen LogP contribution in [-0.2, 0) is 9.53 Å². The monoisotopic (exact) mass is 687 g/mol. The molecule has 7 nitrogen and oxygen atoms in total. The average Bonchev–Trinajstić information content (AvgIpc) is 3.38. The molecule has 0 aliphatic carbocycles. The predicted octanol–water partition coefficient (Wildman–Crippen LogP) is 6.67. The molecule has 3 heterocycles. The van der Waals surface area contributed by atoms with Crippen molar-refractivity contribution in [1.82, 2.24) is 9.13 Å². The lowest BCUT2D eigenvalue weighted by Crippen LogP contribution is -2.40. The lowest BCUT2D eigenvalue weighted by atomic mass is 9.95. The van der Waals surface area contributed by atoms with Crippen LogP contribution in [0.4, 0.5) is 0 Å². The molecule has 2 aromatic carbocycles. The first kappa shape index (κ1) is 30.4. The number of aryl methyl sites for hydroxylation is 1. The van der Waals surface area contributed by atoms with Crippen molar-refractivity contribution < 1.29 is 14.3 Å². The first-order valence-corrected chi connectivity index (χ1v) is 15.5. The van der Waals surface area contributed by atoms with Crippen LogP contribution >= 0.6 is 50.5 Å². The SMILES string of the molecule is COc1ccc(Br)cc1[C@@H]1C(C(=O)OC(C)C)=C(C)N=c2s/c(=C\c3cc(C)n(-c4ccc(Cl)c(Cl)c4)c3C)c(=O)n21. The van der Waals surface area contributed by atoms with Crippen molar-refractivity contribution in [3.63, 3.8) is 0 Å². The molecule has 42 heavy (non-hydrogen) atoms. The van der Waals surface area contributed by atoms with E-state index in [0.717, 1.165) is 27.1 Å². The smallest absolute Gasteiger partial charge is 0.338 e. The van der Waals surface area contributed by atoms with Crippen LogP contribution in [0.2, 0.25) is 10.0 Å². The van der Waals surface area contributed by atoms with Crippen molar-refractivity contribution in [3.8, 4) is 11.4 Å². The van der Waals surface area contributed by atoms with Gasteiger partial charge in [0.2, 0.25) is 0 Å². The summed E-state index contributed by atoms with van der Waals surface area (Å²) >= 11 is 17.2. The molecule has 0 fully saturated rings. The zero-order chi connectivity index (χ0) is 30.5. The van der Waals surface area contributed by atoms with Crippen LogP contribution in [0.3, 0.4) is 0 Å². The van der Waals surface area contributed by atoms with Gasteiger partial charge >= 0.3 is 5.97 Å². The summed E-state index contributed by atoms with van der Waals surface area (Å²) in [5, 5.41) is 0.939. The van der Waals surface area contributed by atoms with Gasteiger partial charge in [-0.3, -0.25) is 9.36 Å². The van der Waals surface area contributed by atoms with Gasteiger partial charge in [0.1, 0.15) is 11.8 Å². The minimum Gasteiger partial charge on any atom is -0.496 e. The van der Waals surface area contributed by atoms with E-state index in [1.165, 1.54) is 11.3 Å². The van der Waals surface area contributed by atoms with Gasteiger partial charge in [-0.05, 0) is 88.7 Å². The molecule has 0 saturated carbocycles. The van der Waals surface area contributed by atoms with E-state index in [4.69, 9.17) is 37.7 Å². The molecule has 2 aromatic heterocycles. The van der Waals surface area contributed by atoms with E-state index in [2.05, 4.69) is 20.5 Å². The fraction of sp³-hybridized carbons (Fsp3) is 0.258. The standard InChI is InChI=1S/C31H28BrCl2N3O4S/c1-15(2)41-30(39)27-17(4)35-31-37(28(27)22-13-20(32)7-10-25(22)40-6)29(38)26(42-31)12-19-11-16(3)36(18(19)5)21-8-9-23(33)24(34)14-21/h7-15,28H,1-6H3/b26-12-/t28-/m1/s1. The highest BCUT2D eigenvalue weighted by Crippen LogP contribution is 2.37. The molecule has 5 rings (SSSR count). The molecule has 0 amide bonds. The molecule has 4 aromatic rings. The highest BCUT2D eigenvalue weighted by Gasteiger charge is 2.35. The van der Waals surface area contributed by atoms with E-state index < -0.39 is 12.0 Å². The Labute approximate surface area is 265 Å². The number of nitrogens with zero attached hydrogens (tertiary/aromatic N) is 3. The minimum atomic E-state index is -0.800. The molecule has 1 aliphatic heterocycles. The Hall–Kier alpha value is -3.11. The molecule has 0 radical (unpaired) electrons. The molecule has 1 atom stereocenters. The second-order valence-electron chi connectivity index (χ2n) is 10.2. The number of thiazole rings is 1. The van der Waals surface area contributed by atoms with Crippen LogP contribution in [0, 0.1) is 13.8 Å². The number of halogens is 3. The molecular formula is C31H28BrCl2N3O4S. The van der Waals surface area contributed by atoms with Gasteiger partial charge in [0.05, 0.1) is 39.1 Å². The summed E-state index contributed by atoms with van der Waals surface area (Å²) in [7, 11) is 1.56. The third-order valence-corrected chi connectivity index (χ3v) is 9.20. The molecule has 0 saturated heterocycles. The molecule has 0 unspecified atom stereocenters. The number of esters is 1. The quantitative estimate of drug-likeness (QED) is 0.212. The maximum absolute atomic E-state index is 14.2. The second-order valence-corrected chi connectivity index (χ2v) is 12.9. The lowest BCUT2D eigenvalue weighted by Gasteiger charge is -2.26. The van der Waals surface area contributed by atoms with Gasteiger partial charge in [0.25, 0.3) is 5.56 Å². The van der Waals surface area contributed by atoms with Gasteiger partial charge in [-0.15, -0.1) is 0 Å². The summed E-state index contributed by atoms with van der Waals surface area (Å²) < 4.78 is 16.2. The molecular weight excluding hydrogens is 661 g/mol. The predicted molar refractivity (Wildman–Crippen MR) is 171 cm³/mol. The first-order valence-electron chi connectivity index (χ1n) is 13.1. The Balaban J connectivity index is 1.72. The number of hydrogen-bond donors (Lipinski definition) is 0. The van der Waals surface area contributed by atoms with Crippen LogP contribution < -0.4 is 19.6 Å². The number of allylic oxidation sites excluding steroid dienone is 1. The Morgan fingerprint density at radius 3 is 2.50 bits per heavy atom. The maximum Gasteiger partial charge on any atom is 0.338 e. The van der Waals surface area contributed by atoms with Crippen molar-refractivity contribution in [3.05, 3.63) is 110 Å². The van der Waals surface area contributed by atoms with E-state index >= 15 is 0 Å². The first-order chi connectivity index (χ1) is 19.9. The third-order valence-electron chi connectivity index (χ3n) is 6.99. The highest BCUT2D eigenvalue weighted by atomic mass is 79.9. The molecule has 0 bridgehead atoms. The zero-order valence-electron chi connectivity index (χ0n) is 23.8. The fourth-order valence-electron chi connectivity index (χ4n) is 5.17. The lowest BCUT2D eigenvalue weighted by molar-refractivity contribution is -0.143. The Morgan fingerprint density at radius 1 is 1.10 bits per heavy atom. The van der Waals surface area contributed by atoms with E-state index in [1.807, 2.05) is 50.3 Å². The van der Waals surface area contributed by atoms with Crippen molar-refractivity contribution in [2.45, 2.75) is 46.8 Å².